The lowest BCUT2D eigenvalue weighted by Crippen LogP contribution is -2.20. The van der Waals surface area contributed by atoms with E-state index < -0.39 is 5.97 Å². The van der Waals surface area contributed by atoms with Crippen molar-refractivity contribution in [2.24, 2.45) is 0 Å². The summed E-state index contributed by atoms with van der Waals surface area (Å²) < 4.78 is 2.79. The van der Waals surface area contributed by atoms with Crippen molar-refractivity contribution in [1.29, 1.82) is 0 Å². The molecule has 1 saturated carbocycles. The van der Waals surface area contributed by atoms with E-state index >= 15 is 0 Å². The van der Waals surface area contributed by atoms with Gasteiger partial charge in [-0.1, -0.05) is 27.5 Å². The fourth-order valence-electron chi connectivity index (χ4n) is 2.45. The minimum atomic E-state index is -0.898. The Labute approximate surface area is 117 Å². The number of halogens is 2. The van der Waals surface area contributed by atoms with Crippen LogP contribution in [-0.4, -0.2) is 15.6 Å². The lowest BCUT2D eigenvalue weighted by atomic mass is 9.92. The van der Waals surface area contributed by atoms with E-state index in [4.69, 9.17) is 11.6 Å². The van der Waals surface area contributed by atoms with Crippen LogP contribution in [0.5, 0.6) is 0 Å². The third-order valence-electron chi connectivity index (χ3n) is 3.53. The maximum absolute atomic E-state index is 11.4. The molecule has 1 N–H and O–H groups in total. The number of hydrogen-bond acceptors (Lipinski definition) is 1. The Morgan fingerprint density at radius 2 is 2.11 bits per heavy atom. The highest BCUT2D eigenvalue weighted by molar-refractivity contribution is 9.10. The molecule has 0 saturated heterocycles. The van der Waals surface area contributed by atoms with Crippen LogP contribution in [0.25, 0.3) is 10.9 Å². The first-order chi connectivity index (χ1) is 8.58. The van der Waals surface area contributed by atoms with Gasteiger partial charge in [0.2, 0.25) is 0 Å². The summed E-state index contributed by atoms with van der Waals surface area (Å²) in [6, 6.07) is 5.69. The molecule has 3 nitrogen and oxygen atoms in total. The second-order valence-electron chi connectivity index (χ2n) is 4.61. The lowest BCUT2D eigenvalue weighted by molar-refractivity contribution is 0.0679. The van der Waals surface area contributed by atoms with Crippen molar-refractivity contribution >= 4 is 44.4 Å². The number of nitrogens with zero attached hydrogens (tertiary/aromatic N) is 1. The molecule has 0 atom stereocenters. The molecular weight excluding hydrogens is 318 g/mol. The van der Waals surface area contributed by atoms with Crippen LogP contribution in [0.1, 0.15) is 35.8 Å². The Morgan fingerprint density at radius 1 is 1.39 bits per heavy atom. The van der Waals surface area contributed by atoms with E-state index in [0.717, 1.165) is 34.6 Å². The van der Waals surface area contributed by atoms with E-state index in [1.165, 1.54) is 0 Å². The predicted octanol–water partition coefficient (Wildman–Crippen LogP) is 4.48. The average molecular weight is 329 g/mol. The third kappa shape index (κ3) is 1.75. The Bertz CT molecular complexity index is 646. The fraction of sp³-hybridized carbons (Fsp3) is 0.308. The zero-order valence-corrected chi connectivity index (χ0v) is 11.8. The summed E-state index contributed by atoms with van der Waals surface area (Å²) in [5, 5.41) is 10.7. The normalized spacial score (nSPS) is 15.9. The van der Waals surface area contributed by atoms with Gasteiger partial charge in [-0.3, -0.25) is 0 Å². The molecule has 1 aromatic heterocycles. The van der Waals surface area contributed by atoms with Crippen LogP contribution in [0.3, 0.4) is 0 Å². The Morgan fingerprint density at radius 3 is 2.67 bits per heavy atom. The summed E-state index contributed by atoms with van der Waals surface area (Å²) in [6.07, 6.45) is 3.23. The van der Waals surface area contributed by atoms with Crippen molar-refractivity contribution in [2.75, 3.05) is 0 Å². The second kappa shape index (κ2) is 4.28. The van der Waals surface area contributed by atoms with Crippen molar-refractivity contribution in [1.82, 2.24) is 4.57 Å². The van der Waals surface area contributed by atoms with E-state index in [9.17, 15) is 9.90 Å². The molecule has 1 heterocycles. The highest BCUT2D eigenvalue weighted by atomic mass is 79.9. The first-order valence-electron chi connectivity index (χ1n) is 5.81. The first kappa shape index (κ1) is 12.1. The Kier molecular flexibility index (Phi) is 2.87. The molecule has 1 aromatic carbocycles. The maximum atomic E-state index is 11.4. The molecule has 18 heavy (non-hydrogen) atoms. The van der Waals surface area contributed by atoms with Crippen LogP contribution in [0.15, 0.2) is 22.7 Å². The molecule has 1 fully saturated rings. The largest absolute Gasteiger partial charge is 0.477 e. The van der Waals surface area contributed by atoms with E-state index in [1.54, 1.807) is 12.1 Å². The molecule has 94 valence electrons. The van der Waals surface area contributed by atoms with E-state index in [1.807, 2.05) is 10.6 Å². The number of carboxylic acids is 1. The van der Waals surface area contributed by atoms with Gasteiger partial charge in [-0.25, -0.2) is 4.79 Å². The molecule has 5 heteroatoms. The number of fused-ring (bicyclic) bond motifs is 1. The van der Waals surface area contributed by atoms with Crippen molar-refractivity contribution < 1.29 is 9.90 Å². The van der Waals surface area contributed by atoms with E-state index in [0.29, 0.717) is 16.8 Å². The van der Waals surface area contributed by atoms with Crippen LogP contribution in [0, 0.1) is 0 Å². The van der Waals surface area contributed by atoms with Crippen LogP contribution in [0.4, 0.5) is 0 Å². The van der Waals surface area contributed by atoms with E-state index in [-0.39, 0.29) is 0 Å². The zero-order chi connectivity index (χ0) is 12.9. The standard InChI is InChI=1S/C13H11BrClNO2/c14-7-4-10(15)9-6-12(13(17)18)16(11(9)5-7)8-2-1-3-8/h4-6,8H,1-3H2,(H,17,18). The van der Waals surface area contributed by atoms with Gasteiger partial charge in [-0.05, 0) is 37.5 Å². The van der Waals surface area contributed by atoms with Gasteiger partial charge in [0.15, 0.2) is 0 Å². The van der Waals surface area contributed by atoms with Gasteiger partial charge in [0.1, 0.15) is 5.69 Å². The van der Waals surface area contributed by atoms with Crippen LogP contribution < -0.4 is 0 Å². The zero-order valence-electron chi connectivity index (χ0n) is 9.49. The lowest BCUT2D eigenvalue weighted by Gasteiger charge is -2.29. The first-order valence-corrected chi connectivity index (χ1v) is 6.98. The van der Waals surface area contributed by atoms with Crippen LogP contribution in [-0.2, 0) is 0 Å². The highest BCUT2D eigenvalue weighted by Gasteiger charge is 2.26. The number of benzene rings is 1. The topological polar surface area (TPSA) is 42.2 Å². The van der Waals surface area contributed by atoms with Crippen molar-refractivity contribution in [2.45, 2.75) is 25.3 Å². The summed E-state index contributed by atoms with van der Waals surface area (Å²) in [5.74, 6) is -0.898. The molecule has 2 aromatic rings. The minimum Gasteiger partial charge on any atom is -0.477 e. The molecule has 1 aliphatic carbocycles. The number of aromatic carboxylic acids is 1. The quantitative estimate of drug-likeness (QED) is 0.883. The minimum absolute atomic E-state index is 0.291. The van der Waals surface area contributed by atoms with Crippen molar-refractivity contribution in [3.8, 4) is 0 Å². The SMILES string of the molecule is O=C(O)c1cc2c(Cl)cc(Br)cc2n1C1CCC1. The molecule has 3 rings (SSSR count). The smallest absolute Gasteiger partial charge is 0.352 e. The van der Waals surface area contributed by atoms with Gasteiger partial charge in [0.05, 0.1) is 10.5 Å². The summed E-state index contributed by atoms with van der Waals surface area (Å²) >= 11 is 9.59. The number of carbonyl (C=O) groups is 1. The molecule has 0 radical (unpaired) electrons. The predicted molar refractivity (Wildman–Crippen MR) is 74.5 cm³/mol. The molecule has 1 aliphatic rings. The molecule has 0 aliphatic heterocycles. The number of aromatic nitrogens is 1. The summed E-state index contributed by atoms with van der Waals surface area (Å²) in [6.45, 7) is 0. The fourth-order valence-corrected chi connectivity index (χ4v) is 3.30. The van der Waals surface area contributed by atoms with Gasteiger partial charge in [0.25, 0.3) is 0 Å². The number of rotatable bonds is 2. The summed E-state index contributed by atoms with van der Waals surface area (Å²) in [7, 11) is 0. The third-order valence-corrected chi connectivity index (χ3v) is 4.30. The van der Waals surface area contributed by atoms with Crippen LogP contribution in [0.2, 0.25) is 5.02 Å². The van der Waals surface area contributed by atoms with Gasteiger partial charge in [-0.15, -0.1) is 0 Å². The highest BCUT2D eigenvalue weighted by Crippen LogP contribution is 2.39. The summed E-state index contributed by atoms with van der Waals surface area (Å²) in [5.41, 5.74) is 1.23. The Hall–Kier alpha value is -1.00. The monoisotopic (exact) mass is 327 g/mol. The van der Waals surface area contributed by atoms with Gasteiger partial charge >= 0.3 is 5.97 Å². The maximum Gasteiger partial charge on any atom is 0.352 e. The van der Waals surface area contributed by atoms with Crippen molar-refractivity contribution in [3.05, 3.63) is 33.4 Å². The van der Waals surface area contributed by atoms with Crippen LogP contribution >= 0.6 is 27.5 Å². The number of carboxylic acid groups (broad SMARTS) is 1. The molecule has 0 bridgehead atoms. The second-order valence-corrected chi connectivity index (χ2v) is 5.93. The average Bonchev–Trinajstić information content (AvgIpc) is 2.56. The molecule has 0 spiro atoms. The molecular formula is C13H11BrClNO2. The molecule has 0 unspecified atom stereocenters. The van der Waals surface area contributed by atoms with Gasteiger partial charge in [0, 0.05) is 15.9 Å². The number of hydrogen-bond donors (Lipinski definition) is 1. The summed E-state index contributed by atoms with van der Waals surface area (Å²) in [4.78, 5) is 11.4. The van der Waals surface area contributed by atoms with Crippen molar-refractivity contribution in [3.63, 3.8) is 0 Å². The van der Waals surface area contributed by atoms with Gasteiger partial charge in [-0.2, -0.15) is 0 Å². The van der Waals surface area contributed by atoms with Gasteiger partial charge < -0.3 is 9.67 Å². The Balaban J connectivity index is 2.33. The van der Waals surface area contributed by atoms with E-state index in [2.05, 4.69) is 15.9 Å². The molecule has 0 amide bonds.